The Hall–Kier alpha value is -3.43. The van der Waals surface area contributed by atoms with Gasteiger partial charge in [0.25, 0.3) is 5.56 Å². The summed E-state index contributed by atoms with van der Waals surface area (Å²) in [5.41, 5.74) is 5.11. The number of nitrogens with one attached hydrogen (secondary N) is 2. The molecule has 27 heavy (non-hydrogen) atoms. The Labute approximate surface area is 161 Å². The number of H-pyrrole nitrogens is 1. The van der Waals surface area contributed by atoms with Crippen molar-refractivity contribution in [1.29, 1.82) is 5.26 Å². The van der Waals surface area contributed by atoms with Gasteiger partial charge in [-0.05, 0) is 29.7 Å². The Morgan fingerprint density at radius 3 is 2.78 bits per heavy atom. The lowest BCUT2D eigenvalue weighted by Gasteiger charge is -2.06. The van der Waals surface area contributed by atoms with Gasteiger partial charge in [-0.2, -0.15) is 10.4 Å². The molecule has 7 heteroatoms. The number of aromatic nitrogens is 2. The van der Waals surface area contributed by atoms with E-state index in [1.165, 1.54) is 0 Å². The summed E-state index contributed by atoms with van der Waals surface area (Å²) in [4.78, 5) is 19.1. The molecule has 3 aromatic rings. The van der Waals surface area contributed by atoms with Crippen LogP contribution < -0.4 is 11.0 Å². The molecule has 0 atom stereocenters. The summed E-state index contributed by atoms with van der Waals surface area (Å²) >= 11 is 6.01. The maximum absolute atomic E-state index is 12.2. The number of hydrazone groups is 1. The van der Waals surface area contributed by atoms with Crippen LogP contribution in [0.1, 0.15) is 23.6 Å². The molecule has 0 saturated carbocycles. The van der Waals surface area contributed by atoms with Gasteiger partial charge in [0.1, 0.15) is 11.6 Å². The van der Waals surface area contributed by atoms with Gasteiger partial charge in [0.05, 0.1) is 11.9 Å². The lowest BCUT2D eigenvalue weighted by molar-refractivity contribution is 1.07. The van der Waals surface area contributed by atoms with E-state index in [0.29, 0.717) is 16.3 Å². The van der Waals surface area contributed by atoms with Gasteiger partial charge in [-0.25, -0.2) is 10.4 Å². The zero-order chi connectivity index (χ0) is 19.2. The molecule has 6 nitrogen and oxygen atoms in total. The summed E-state index contributed by atoms with van der Waals surface area (Å²) in [6.45, 7) is 2.03. The molecule has 134 valence electrons. The molecule has 0 spiro atoms. The molecular weight excluding hydrogens is 362 g/mol. The molecule has 1 heterocycles. The fourth-order valence-electron chi connectivity index (χ4n) is 2.60. The first kappa shape index (κ1) is 18.4. The quantitative estimate of drug-likeness (QED) is 0.519. The number of hydrogen-bond donors (Lipinski definition) is 2. The van der Waals surface area contributed by atoms with Crippen LogP contribution in [0.4, 0.5) is 5.95 Å². The molecule has 2 aromatic carbocycles. The molecule has 0 bridgehead atoms. The number of aryl methyl sites for hydroxylation is 1. The first-order valence-electron chi connectivity index (χ1n) is 8.29. The summed E-state index contributed by atoms with van der Waals surface area (Å²) in [6.07, 6.45) is 2.45. The number of nitriles is 1. The van der Waals surface area contributed by atoms with E-state index < -0.39 is 5.56 Å². The van der Waals surface area contributed by atoms with E-state index in [2.05, 4.69) is 20.5 Å². The number of rotatable bonds is 5. The molecule has 0 aliphatic carbocycles. The highest BCUT2D eigenvalue weighted by molar-refractivity contribution is 6.30. The third-order valence-corrected chi connectivity index (χ3v) is 4.17. The second-order valence-electron chi connectivity index (χ2n) is 5.68. The highest BCUT2D eigenvalue weighted by atomic mass is 35.5. The predicted molar refractivity (Wildman–Crippen MR) is 107 cm³/mol. The Balaban J connectivity index is 1.92. The minimum absolute atomic E-state index is 0.0401. The number of anilines is 1. The number of nitrogens with zero attached hydrogens (tertiary/aromatic N) is 3. The van der Waals surface area contributed by atoms with Crippen molar-refractivity contribution >= 4 is 23.8 Å². The number of halogens is 1. The predicted octanol–water partition coefficient (Wildman–Crippen LogP) is 3.97. The van der Waals surface area contributed by atoms with Crippen molar-refractivity contribution in [2.45, 2.75) is 13.3 Å². The van der Waals surface area contributed by atoms with E-state index >= 15 is 0 Å². The van der Waals surface area contributed by atoms with Crippen molar-refractivity contribution in [2.75, 3.05) is 5.43 Å². The number of hydrogen-bond acceptors (Lipinski definition) is 5. The summed E-state index contributed by atoms with van der Waals surface area (Å²) in [6, 6.07) is 16.5. The highest BCUT2D eigenvalue weighted by Gasteiger charge is 2.12. The zero-order valence-electron chi connectivity index (χ0n) is 14.5. The molecule has 2 N–H and O–H groups in total. The van der Waals surface area contributed by atoms with Crippen LogP contribution in [-0.2, 0) is 6.42 Å². The molecule has 0 unspecified atom stereocenters. The van der Waals surface area contributed by atoms with Gasteiger partial charge in [0, 0.05) is 10.6 Å². The van der Waals surface area contributed by atoms with Crippen LogP contribution >= 0.6 is 11.6 Å². The second-order valence-corrected chi connectivity index (χ2v) is 6.12. The lowest BCUT2D eigenvalue weighted by Crippen LogP contribution is -2.16. The summed E-state index contributed by atoms with van der Waals surface area (Å²) in [5.74, 6) is 0.154. The SMILES string of the molecule is CCc1cc(Cl)ccc1C=NNc1nc(-c2ccccc2)c(C#N)c(=O)[nH]1. The zero-order valence-corrected chi connectivity index (χ0v) is 15.3. The van der Waals surface area contributed by atoms with Crippen LogP contribution in [0.5, 0.6) is 0 Å². The summed E-state index contributed by atoms with van der Waals surface area (Å²) in [7, 11) is 0. The molecular formula is C20H16ClN5O. The van der Waals surface area contributed by atoms with Crippen LogP contribution in [0.2, 0.25) is 5.02 Å². The molecule has 0 aliphatic heterocycles. The monoisotopic (exact) mass is 377 g/mol. The van der Waals surface area contributed by atoms with Crippen molar-refractivity contribution in [1.82, 2.24) is 9.97 Å². The highest BCUT2D eigenvalue weighted by Crippen LogP contribution is 2.19. The van der Waals surface area contributed by atoms with Gasteiger partial charge in [0.2, 0.25) is 5.95 Å². The standard InChI is InChI=1S/C20H16ClN5O/c1-2-13-10-16(21)9-8-15(13)12-23-26-20-24-18(14-6-4-3-5-7-14)17(11-22)19(27)25-20/h3-10,12H,2H2,1H3,(H2,24,25,26,27). The number of aromatic amines is 1. The van der Waals surface area contributed by atoms with Crippen molar-refractivity contribution in [3.8, 4) is 17.3 Å². The minimum Gasteiger partial charge on any atom is -0.290 e. The smallest absolute Gasteiger partial charge is 0.270 e. The van der Waals surface area contributed by atoms with E-state index in [1.54, 1.807) is 24.4 Å². The maximum Gasteiger partial charge on any atom is 0.270 e. The Bertz CT molecular complexity index is 1080. The molecule has 1 aromatic heterocycles. The van der Waals surface area contributed by atoms with E-state index in [-0.39, 0.29) is 11.5 Å². The number of benzene rings is 2. The minimum atomic E-state index is -0.523. The van der Waals surface area contributed by atoms with Gasteiger partial charge < -0.3 is 0 Å². The van der Waals surface area contributed by atoms with Gasteiger partial charge in [-0.3, -0.25) is 9.78 Å². The molecule has 0 aliphatic rings. The van der Waals surface area contributed by atoms with Gasteiger partial charge in [0.15, 0.2) is 0 Å². The van der Waals surface area contributed by atoms with E-state index in [1.807, 2.05) is 43.3 Å². The first-order chi connectivity index (χ1) is 13.1. The largest absolute Gasteiger partial charge is 0.290 e. The van der Waals surface area contributed by atoms with E-state index in [4.69, 9.17) is 11.6 Å². The third-order valence-electron chi connectivity index (χ3n) is 3.94. The summed E-state index contributed by atoms with van der Waals surface area (Å²) in [5, 5.41) is 14.1. The van der Waals surface area contributed by atoms with Crippen LogP contribution in [0.3, 0.4) is 0 Å². The van der Waals surface area contributed by atoms with Gasteiger partial charge in [-0.15, -0.1) is 0 Å². The fraction of sp³-hybridized carbons (Fsp3) is 0.100. The summed E-state index contributed by atoms with van der Waals surface area (Å²) < 4.78 is 0. The topological polar surface area (TPSA) is 93.9 Å². The van der Waals surface area contributed by atoms with Crippen LogP contribution in [-0.4, -0.2) is 16.2 Å². The Morgan fingerprint density at radius 1 is 1.30 bits per heavy atom. The van der Waals surface area contributed by atoms with Crippen molar-refractivity contribution in [3.05, 3.63) is 80.6 Å². The van der Waals surface area contributed by atoms with Crippen molar-refractivity contribution < 1.29 is 0 Å². The van der Waals surface area contributed by atoms with Crippen molar-refractivity contribution in [3.63, 3.8) is 0 Å². The van der Waals surface area contributed by atoms with Crippen molar-refractivity contribution in [2.24, 2.45) is 5.10 Å². The Morgan fingerprint density at radius 2 is 2.07 bits per heavy atom. The average Bonchev–Trinajstić information content (AvgIpc) is 2.69. The molecule has 0 saturated heterocycles. The molecule has 0 radical (unpaired) electrons. The average molecular weight is 378 g/mol. The van der Waals surface area contributed by atoms with E-state index in [0.717, 1.165) is 17.5 Å². The maximum atomic E-state index is 12.2. The lowest BCUT2D eigenvalue weighted by atomic mass is 10.1. The van der Waals surface area contributed by atoms with E-state index in [9.17, 15) is 10.1 Å². The van der Waals surface area contributed by atoms with Crippen LogP contribution in [0.25, 0.3) is 11.3 Å². The van der Waals surface area contributed by atoms with Gasteiger partial charge in [-0.1, -0.05) is 54.9 Å². The van der Waals surface area contributed by atoms with Crippen LogP contribution in [0.15, 0.2) is 58.4 Å². The molecule has 0 amide bonds. The van der Waals surface area contributed by atoms with Gasteiger partial charge >= 0.3 is 0 Å². The Kier molecular flexibility index (Phi) is 5.64. The normalized spacial score (nSPS) is 10.7. The fourth-order valence-corrected chi connectivity index (χ4v) is 2.80. The molecule has 3 rings (SSSR count). The van der Waals surface area contributed by atoms with Crippen LogP contribution in [0, 0.1) is 11.3 Å². The second kappa shape index (κ2) is 8.30. The first-order valence-corrected chi connectivity index (χ1v) is 8.67. The third kappa shape index (κ3) is 4.22. The molecule has 0 fully saturated rings.